The van der Waals surface area contributed by atoms with Crippen LogP contribution in [0.5, 0.6) is 5.75 Å². The van der Waals surface area contributed by atoms with Gasteiger partial charge in [0.1, 0.15) is 17.2 Å². The molecule has 18 heavy (non-hydrogen) atoms. The molecule has 2 rings (SSSR count). The Morgan fingerprint density at radius 1 is 1.44 bits per heavy atom. The van der Waals surface area contributed by atoms with Crippen molar-refractivity contribution in [2.75, 3.05) is 0 Å². The molecule has 2 aromatic rings. The van der Waals surface area contributed by atoms with E-state index in [4.69, 9.17) is 4.74 Å². The van der Waals surface area contributed by atoms with Crippen molar-refractivity contribution in [2.45, 2.75) is 26.4 Å². The molecule has 0 aliphatic rings. The molecular weight excluding hydrogens is 239 g/mol. The summed E-state index contributed by atoms with van der Waals surface area (Å²) in [5, 5.41) is 13.3. The monoisotopic (exact) mass is 252 g/mol. The molecule has 0 atom stereocenters. The maximum absolute atomic E-state index is 13.5. The number of nitrogens with zero attached hydrogens (tertiary/aromatic N) is 2. The van der Waals surface area contributed by atoms with Gasteiger partial charge in [0.25, 0.3) is 0 Å². The van der Waals surface area contributed by atoms with Gasteiger partial charge in [0, 0.05) is 12.1 Å². The number of ether oxygens (including phenoxy) is 1. The van der Waals surface area contributed by atoms with Gasteiger partial charge in [-0.1, -0.05) is 0 Å². The van der Waals surface area contributed by atoms with Gasteiger partial charge in [0.15, 0.2) is 0 Å². The first kappa shape index (κ1) is 12.3. The zero-order chi connectivity index (χ0) is 13.5. The third-order valence-corrected chi connectivity index (χ3v) is 2.19. The largest absolute Gasteiger partial charge is 0.508 e. The number of carbonyl (C=O) groups is 1. The van der Waals surface area contributed by atoms with Gasteiger partial charge in [-0.25, -0.2) is 9.18 Å². The zero-order valence-corrected chi connectivity index (χ0v) is 10.3. The smallest absolute Gasteiger partial charge is 0.435 e. The van der Waals surface area contributed by atoms with Crippen LogP contribution < -0.4 is 0 Å². The molecule has 0 fully saturated rings. The Hall–Kier alpha value is -2.11. The van der Waals surface area contributed by atoms with Crippen LogP contribution in [-0.4, -0.2) is 26.6 Å². The summed E-state index contributed by atoms with van der Waals surface area (Å²) in [5.41, 5.74) is -0.508. The van der Waals surface area contributed by atoms with E-state index in [2.05, 4.69) is 5.10 Å². The van der Waals surface area contributed by atoms with E-state index in [0.29, 0.717) is 0 Å². The quantitative estimate of drug-likeness (QED) is 0.782. The molecule has 1 heterocycles. The van der Waals surface area contributed by atoms with Crippen molar-refractivity contribution < 1.29 is 19.0 Å². The number of hydrogen-bond donors (Lipinski definition) is 1. The highest BCUT2D eigenvalue weighted by Crippen LogP contribution is 2.24. The molecule has 96 valence electrons. The molecule has 0 saturated carbocycles. The molecule has 0 bridgehead atoms. The predicted molar refractivity (Wildman–Crippen MR) is 63.0 cm³/mol. The molecule has 0 aliphatic carbocycles. The van der Waals surface area contributed by atoms with Crippen LogP contribution in [-0.2, 0) is 4.74 Å². The van der Waals surface area contributed by atoms with Gasteiger partial charge in [0.05, 0.1) is 17.1 Å². The van der Waals surface area contributed by atoms with Crippen LogP contribution >= 0.6 is 0 Å². The van der Waals surface area contributed by atoms with Crippen molar-refractivity contribution in [2.24, 2.45) is 0 Å². The van der Waals surface area contributed by atoms with Crippen LogP contribution in [0.2, 0.25) is 0 Å². The van der Waals surface area contributed by atoms with Gasteiger partial charge in [0.2, 0.25) is 0 Å². The summed E-state index contributed by atoms with van der Waals surface area (Å²) >= 11 is 0. The van der Waals surface area contributed by atoms with Gasteiger partial charge in [-0.15, -0.1) is 0 Å². The van der Waals surface area contributed by atoms with E-state index in [9.17, 15) is 14.3 Å². The summed E-state index contributed by atoms with van der Waals surface area (Å²) in [7, 11) is 0. The van der Waals surface area contributed by atoms with Crippen molar-refractivity contribution in [1.29, 1.82) is 0 Å². The summed E-state index contributed by atoms with van der Waals surface area (Å²) in [6.07, 6.45) is 0.496. The van der Waals surface area contributed by atoms with Gasteiger partial charge >= 0.3 is 6.09 Å². The molecule has 5 nitrogen and oxygen atoms in total. The Bertz CT molecular complexity index is 614. The second-order valence-electron chi connectivity index (χ2n) is 4.90. The minimum atomic E-state index is -0.720. The molecule has 1 aromatic heterocycles. The number of benzene rings is 1. The molecular formula is C12H13FN2O3. The minimum Gasteiger partial charge on any atom is -0.508 e. The number of aromatic nitrogens is 2. The average molecular weight is 252 g/mol. The van der Waals surface area contributed by atoms with Gasteiger partial charge in [-0.05, 0) is 20.8 Å². The maximum atomic E-state index is 13.5. The van der Waals surface area contributed by atoms with E-state index in [1.54, 1.807) is 20.8 Å². The first-order valence-corrected chi connectivity index (χ1v) is 5.37. The van der Waals surface area contributed by atoms with E-state index in [0.717, 1.165) is 10.7 Å². The topological polar surface area (TPSA) is 64.4 Å². The minimum absolute atomic E-state index is 0.152. The van der Waals surface area contributed by atoms with E-state index in [1.165, 1.54) is 12.3 Å². The van der Waals surface area contributed by atoms with Crippen molar-refractivity contribution in [1.82, 2.24) is 9.78 Å². The zero-order valence-electron chi connectivity index (χ0n) is 10.3. The van der Waals surface area contributed by atoms with Gasteiger partial charge in [-0.2, -0.15) is 9.78 Å². The van der Waals surface area contributed by atoms with Crippen LogP contribution in [0.15, 0.2) is 18.3 Å². The Balaban J connectivity index is 2.49. The Labute approximate surface area is 103 Å². The molecule has 0 saturated heterocycles. The van der Waals surface area contributed by atoms with E-state index in [-0.39, 0.29) is 16.7 Å². The lowest BCUT2D eigenvalue weighted by molar-refractivity contribution is 0.0523. The number of aromatic hydroxyl groups is 1. The molecule has 0 radical (unpaired) electrons. The number of rotatable bonds is 0. The summed E-state index contributed by atoms with van der Waals surface area (Å²) < 4.78 is 19.5. The Morgan fingerprint density at radius 3 is 2.72 bits per heavy atom. The van der Waals surface area contributed by atoms with Crippen molar-refractivity contribution in [3.8, 4) is 5.75 Å². The highest BCUT2D eigenvalue weighted by atomic mass is 19.1. The molecule has 0 unspecified atom stereocenters. The lowest BCUT2D eigenvalue weighted by Gasteiger charge is -2.19. The Kier molecular flexibility index (Phi) is 2.73. The number of hydrogen-bond acceptors (Lipinski definition) is 4. The van der Waals surface area contributed by atoms with Crippen molar-refractivity contribution in [3.63, 3.8) is 0 Å². The van der Waals surface area contributed by atoms with E-state index < -0.39 is 17.5 Å². The van der Waals surface area contributed by atoms with Crippen LogP contribution in [0.4, 0.5) is 9.18 Å². The van der Waals surface area contributed by atoms with E-state index in [1.807, 2.05) is 0 Å². The normalized spacial score (nSPS) is 11.8. The number of fused-ring (bicyclic) bond motifs is 1. The van der Waals surface area contributed by atoms with Crippen LogP contribution in [0.25, 0.3) is 10.9 Å². The highest BCUT2D eigenvalue weighted by Gasteiger charge is 2.21. The van der Waals surface area contributed by atoms with Crippen molar-refractivity contribution >= 4 is 17.0 Å². The second kappa shape index (κ2) is 3.97. The standard InChI is InChI=1S/C12H13FN2O3/c1-12(2,3)18-11(17)15-10-5-7(16)4-9(13)8(10)6-14-15/h4-6,16H,1-3H3. The highest BCUT2D eigenvalue weighted by molar-refractivity contribution is 5.88. The van der Waals surface area contributed by atoms with Crippen molar-refractivity contribution in [3.05, 3.63) is 24.1 Å². The number of halogens is 1. The summed E-state index contributed by atoms with van der Waals surface area (Å²) in [6, 6.07) is 2.22. The Morgan fingerprint density at radius 2 is 2.11 bits per heavy atom. The molecule has 0 amide bonds. The van der Waals surface area contributed by atoms with Crippen LogP contribution in [0, 0.1) is 5.82 Å². The number of carbonyl (C=O) groups excluding carboxylic acids is 1. The second-order valence-corrected chi connectivity index (χ2v) is 4.90. The fourth-order valence-electron chi connectivity index (χ4n) is 1.52. The third-order valence-electron chi connectivity index (χ3n) is 2.19. The van der Waals surface area contributed by atoms with E-state index >= 15 is 0 Å². The fourth-order valence-corrected chi connectivity index (χ4v) is 1.52. The summed E-state index contributed by atoms with van der Waals surface area (Å²) in [5.74, 6) is -0.912. The number of phenolic OH excluding ortho intramolecular Hbond substituents is 1. The number of phenols is 1. The average Bonchev–Trinajstić information content (AvgIpc) is 2.58. The first-order valence-electron chi connectivity index (χ1n) is 5.37. The first-order chi connectivity index (χ1) is 8.28. The van der Waals surface area contributed by atoms with Crippen LogP contribution in [0.1, 0.15) is 20.8 Å². The molecule has 1 N–H and O–H groups in total. The predicted octanol–water partition coefficient (Wildman–Crippen LogP) is 2.66. The summed E-state index contributed by atoms with van der Waals surface area (Å²) in [6.45, 7) is 5.15. The van der Waals surface area contributed by atoms with Gasteiger partial charge < -0.3 is 9.84 Å². The fraction of sp³-hybridized carbons (Fsp3) is 0.333. The van der Waals surface area contributed by atoms with Gasteiger partial charge in [-0.3, -0.25) is 0 Å². The van der Waals surface area contributed by atoms with Crippen LogP contribution in [0.3, 0.4) is 0 Å². The maximum Gasteiger partial charge on any atom is 0.435 e. The molecule has 1 aromatic carbocycles. The lowest BCUT2D eigenvalue weighted by Crippen LogP contribution is -2.27. The third kappa shape index (κ3) is 2.27. The molecule has 0 spiro atoms. The summed E-state index contributed by atoms with van der Waals surface area (Å²) in [4.78, 5) is 11.8. The molecule has 6 heteroatoms. The lowest BCUT2D eigenvalue weighted by atomic mass is 10.2. The SMILES string of the molecule is CC(C)(C)OC(=O)n1ncc2c(F)cc(O)cc21. The molecule has 0 aliphatic heterocycles.